The number of guanidine groups is 1. The Morgan fingerprint density at radius 2 is 1.97 bits per heavy atom. The van der Waals surface area contributed by atoms with Crippen molar-refractivity contribution in [2.45, 2.75) is 19.9 Å². The Kier molecular flexibility index (Phi) is 9.35. The second-order valence-electron chi connectivity index (χ2n) is 7.11. The lowest BCUT2D eigenvalue weighted by molar-refractivity contribution is -0.120. The maximum Gasteiger partial charge on any atom is 0.239 e. The van der Waals surface area contributed by atoms with Crippen molar-refractivity contribution in [3.63, 3.8) is 0 Å². The quantitative estimate of drug-likeness (QED) is 0.308. The van der Waals surface area contributed by atoms with Crippen LogP contribution in [0, 0.1) is 12.7 Å². The highest BCUT2D eigenvalue weighted by molar-refractivity contribution is 14.0. The second-order valence-corrected chi connectivity index (χ2v) is 7.11. The van der Waals surface area contributed by atoms with E-state index < -0.39 is 0 Å². The third-order valence-corrected chi connectivity index (χ3v) is 5.01. The number of hydrogen-bond acceptors (Lipinski definition) is 3. The first-order valence-corrected chi connectivity index (χ1v) is 9.85. The highest BCUT2D eigenvalue weighted by Crippen LogP contribution is 2.16. The van der Waals surface area contributed by atoms with Crippen molar-refractivity contribution in [3.05, 3.63) is 65.0 Å². The van der Waals surface area contributed by atoms with Gasteiger partial charge in [-0.25, -0.2) is 4.39 Å². The monoisotopic (exact) mass is 525 g/mol. The highest BCUT2D eigenvalue weighted by atomic mass is 127. The molecular formula is C22H29FIN5O. The summed E-state index contributed by atoms with van der Waals surface area (Å²) < 4.78 is 13.2. The molecule has 0 bridgehead atoms. The number of anilines is 1. The Morgan fingerprint density at radius 1 is 1.20 bits per heavy atom. The van der Waals surface area contributed by atoms with Crippen LogP contribution in [0.25, 0.3) is 0 Å². The Hall–Kier alpha value is -2.36. The van der Waals surface area contributed by atoms with Gasteiger partial charge in [0.25, 0.3) is 0 Å². The third kappa shape index (κ3) is 6.86. The predicted octanol–water partition coefficient (Wildman–Crippen LogP) is 2.60. The van der Waals surface area contributed by atoms with Gasteiger partial charge in [-0.2, -0.15) is 0 Å². The van der Waals surface area contributed by atoms with Gasteiger partial charge < -0.3 is 20.9 Å². The van der Waals surface area contributed by atoms with Crippen molar-refractivity contribution < 1.29 is 9.18 Å². The fourth-order valence-corrected chi connectivity index (χ4v) is 3.35. The zero-order valence-electron chi connectivity index (χ0n) is 17.4. The Morgan fingerprint density at radius 3 is 2.63 bits per heavy atom. The lowest BCUT2D eigenvalue weighted by atomic mass is 10.1. The summed E-state index contributed by atoms with van der Waals surface area (Å²) in [4.78, 5) is 17.9. The van der Waals surface area contributed by atoms with E-state index in [1.54, 1.807) is 13.1 Å². The molecule has 1 heterocycles. The summed E-state index contributed by atoms with van der Waals surface area (Å²) in [6, 6.07) is 13.1. The molecule has 162 valence electrons. The van der Waals surface area contributed by atoms with E-state index in [-0.39, 0.29) is 35.7 Å². The van der Waals surface area contributed by atoms with E-state index >= 15 is 0 Å². The summed E-state index contributed by atoms with van der Waals surface area (Å²) in [5.74, 6) is 0.584. The number of rotatable bonds is 6. The van der Waals surface area contributed by atoms with Gasteiger partial charge in [0.1, 0.15) is 5.82 Å². The van der Waals surface area contributed by atoms with E-state index in [2.05, 4.69) is 38.0 Å². The number of carbonyl (C=O) groups excluding carboxylic acids is 1. The van der Waals surface area contributed by atoms with Crippen LogP contribution in [0.4, 0.5) is 10.1 Å². The molecule has 1 aliphatic rings. The van der Waals surface area contributed by atoms with E-state index in [9.17, 15) is 9.18 Å². The molecular weight excluding hydrogens is 496 g/mol. The summed E-state index contributed by atoms with van der Waals surface area (Å²) >= 11 is 0. The molecule has 1 fully saturated rings. The standard InChI is InChI=1S/C22H28FN5O.HI/c1-16-13-19(23)6-5-18(16)9-10-26-22(24-2)27-14-17-3-7-20(8-4-17)28-12-11-25-21(29)15-28;/h3-8,13H,9-12,14-15H2,1-2H3,(H,25,29)(H2,24,26,27);1H. The van der Waals surface area contributed by atoms with Crippen LogP contribution in [0.2, 0.25) is 0 Å². The largest absolute Gasteiger partial charge is 0.360 e. The third-order valence-electron chi connectivity index (χ3n) is 5.01. The van der Waals surface area contributed by atoms with E-state index in [1.165, 1.54) is 6.07 Å². The van der Waals surface area contributed by atoms with Crippen molar-refractivity contribution in [2.24, 2.45) is 4.99 Å². The van der Waals surface area contributed by atoms with Gasteiger partial charge in [0.15, 0.2) is 5.96 Å². The number of amides is 1. The van der Waals surface area contributed by atoms with Crippen LogP contribution in [0.5, 0.6) is 0 Å². The molecule has 1 aliphatic heterocycles. The first-order chi connectivity index (χ1) is 14.0. The van der Waals surface area contributed by atoms with Gasteiger partial charge >= 0.3 is 0 Å². The lowest BCUT2D eigenvalue weighted by Crippen LogP contribution is -2.47. The van der Waals surface area contributed by atoms with Crippen LogP contribution in [-0.2, 0) is 17.8 Å². The van der Waals surface area contributed by atoms with Gasteiger partial charge in [-0.15, -0.1) is 24.0 Å². The lowest BCUT2D eigenvalue weighted by Gasteiger charge is -2.28. The summed E-state index contributed by atoms with van der Waals surface area (Å²) in [5, 5.41) is 9.43. The maximum atomic E-state index is 13.2. The molecule has 2 aromatic carbocycles. The van der Waals surface area contributed by atoms with Crippen LogP contribution in [0.1, 0.15) is 16.7 Å². The van der Waals surface area contributed by atoms with Crippen LogP contribution in [0.3, 0.4) is 0 Å². The molecule has 3 rings (SSSR count). The molecule has 0 saturated carbocycles. The Labute approximate surface area is 194 Å². The van der Waals surface area contributed by atoms with Crippen molar-refractivity contribution in [1.82, 2.24) is 16.0 Å². The summed E-state index contributed by atoms with van der Waals surface area (Å²) in [7, 11) is 1.74. The summed E-state index contributed by atoms with van der Waals surface area (Å²) in [5.41, 5.74) is 4.27. The first-order valence-electron chi connectivity index (χ1n) is 9.85. The van der Waals surface area contributed by atoms with Crippen LogP contribution < -0.4 is 20.9 Å². The molecule has 0 aromatic heterocycles. The van der Waals surface area contributed by atoms with E-state index in [0.717, 1.165) is 41.3 Å². The fourth-order valence-electron chi connectivity index (χ4n) is 3.35. The molecule has 0 atom stereocenters. The molecule has 2 aromatic rings. The minimum Gasteiger partial charge on any atom is -0.360 e. The predicted molar refractivity (Wildman–Crippen MR) is 130 cm³/mol. The fraction of sp³-hybridized carbons (Fsp3) is 0.364. The number of aliphatic imine (C=N–C) groups is 1. The zero-order valence-corrected chi connectivity index (χ0v) is 19.7. The van der Waals surface area contributed by atoms with Crippen molar-refractivity contribution in [1.29, 1.82) is 0 Å². The average molecular weight is 525 g/mol. The molecule has 30 heavy (non-hydrogen) atoms. The average Bonchev–Trinajstić information content (AvgIpc) is 2.72. The van der Waals surface area contributed by atoms with Gasteiger partial charge in [-0.1, -0.05) is 18.2 Å². The first kappa shape index (κ1) is 23.9. The molecule has 0 spiro atoms. The van der Waals surface area contributed by atoms with Gasteiger partial charge in [-0.05, 0) is 54.3 Å². The number of carbonyl (C=O) groups is 1. The number of benzene rings is 2. The molecule has 0 unspecified atom stereocenters. The smallest absolute Gasteiger partial charge is 0.239 e. The van der Waals surface area contributed by atoms with E-state index in [1.807, 2.05) is 25.1 Å². The number of hydrogen-bond donors (Lipinski definition) is 3. The van der Waals surface area contributed by atoms with Gasteiger partial charge in [0.05, 0.1) is 6.54 Å². The van der Waals surface area contributed by atoms with E-state index in [0.29, 0.717) is 26.2 Å². The van der Waals surface area contributed by atoms with Gasteiger partial charge in [0, 0.05) is 38.9 Å². The molecule has 1 saturated heterocycles. The van der Waals surface area contributed by atoms with Gasteiger partial charge in [0.2, 0.25) is 5.91 Å². The molecule has 0 radical (unpaired) electrons. The van der Waals surface area contributed by atoms with Crippen LogP contribution >= 0.6 is 24.0 Å². The molecule has 1 amide bonds. The SMILES string of the molecule is CN=C(NCCc1ccc(F)cc1C)NCc1ccc(N2CCNC(=O)C2)cc1.I. The van der Waals surface area contributed by atoms with Crippen LogP contribution in [-0.4, -0.2) is 45.1 Å². The van der Waals surface area contributed by atoms with E-state index in [4.69, 9.17) is 0 Å². The topological polar surface area (TPSA) is 68.8 Å². The van der Waals surface area contributed by atoms with Gasteiger partial charge in [-0.3, -0.25) is 9.79 Å². The summed E-state index contributed by atoms with van der Waals surface area (Å²) in [6.07, 6.45) is 0.797. The number of aryl methyl sites for hydroxylation is 1. The zero-order chi connectivity index (χ0) is 20.6. The van der Waals surface area contributed by atoms with Crippen LogP contribution in [0.15, 0.2) is 47.5 Å². The maximum absolute atomic E-state index is 13.2. The Bertz CT molecular complexity index is 872. The van der Waals surface area contributed by atoms with Crippen molar-refractivity contribution in [3.8, 4) is 0 Å². The minimum absolute atomic E-state index is 0. The molecule has 3 N–H and O–H groups in total. The molecule has 6 nitrogen and oxygen atoms in total. The Balaban J connectivity index is 0.00000320. The number of nitrogens with one attached hydrogen (secondary N) is 3. The van der Waals surface area contributed by atoms with Crippen molar-refractivity contribution >= 4 is 41.5 Å². The number of halogens is 2. The molecule has 8 heteroatoms. The number of piperazine rings is 1. The summed E-state index contributed by atoms with van der Waals surface area (Å²) in [6.45, 7) is 5.19. The van der Waals surface area contributed by atoms with Crippen molar-refractivity contribution in [2.75, 3.05) is 38.1 Å². The molecule has 0 aliphatic carbocycles. The normalized spacial score (nSPS) is 14.0. The number of nitrogens with zero attached hydrogens (tertiary/aromatic N) is 2. The highest BCUT2D eigenvalue weighted by Gasteiger charge is 2.16. The minimum atomic E-state index is -0.203. The second kappa shape index (κ2) is 11.7.